The van der Waals surface area contributed by atoms with Gasteiger partial charge < -0.3 is 25.2 Å². The Hall–Kier alpha value is -1.79. The first-order chi connectivity index (χ1) is 10.9. The molecule has 0 bridgehead atoms. The van der Waals surface area contributed by atoms with Crippen molar-refractivity contribution in [2.75, 3.05) is 33.9 Å². The van der Waals surface area contributed by atoms with Gasteiger partial charge in [-0.1, -0.05) is 12.1 Å². The fraction of sp³-hybridized carbons (Fsp3) is 0.588. The predicted octanol–water partition coefficient (Wildman–Crippen LogP) is 1.71. The van der Waals surface area contributed by atoms with Crippen molar-refractivity contribution < 1.29 is 14.6 Å². The van der Waals surface area contributed by atoms with Crippen molar-refractivity contribution in [3.63, 3.8) is 0 Å². The molecule has 6 nitrogen and oxygen atoms in total. The number of rotatable bonds is 8. The van der Waals surface area contributed by atoms with Gasteiger partial charge in [-0.15, -0.1) is 0 Å². The summed E-state index contributed by atoms with van der Waals surface area (Å²) in [6.45, 7) is 7.57. The van der Waals surface area contributed by atoms with Crippen molar-refractivity contribution in [1.82, 2.24) is 10.6 Å². The largest absolute Gasteiger partial charge is 0.497 e. The van der Waals surface area contributed by atoms with Crippen LogP contribution in [0.15, 0.2) is 29.3 Å². The summed E-state index contributed by atoms with van der Waals surface area (Å²) in [6.07, 6.45) is -0.649. The normalized spacial score (nSPS) is 13.6. The monoisotopic (exact) mass is 323 g/mol. The van der Waals surface area contributed by atoms with E-state index in [2.05, 4.69) is 15.6 Å². The quantitative estimate of drug-likeness (QED) is 0.502. The highest BCUT2D eigenvalue weighted by atomic mass is 16.5. The van der Waals surface area contributed by atoms with Crippen LogP contribution < -0.4 is 15.4 Å². The van der Waals surface area contributed by atoms with E-state index in [4.69, 9.17) is 9.47 Å². The number of guanidine groups is 1. The van der Waals surface area contributed by atoms with Crippen LogP contribution in [0, 0.1) is 0 Å². The molecule has 0 heterocycles. The molecule has 1 atom stereocenters. The van der Waals surface area contributed by atoms with Gasteiger partial charge in [0.05, 0.1) is 25.4 Å². The average Bonchev–Trinajstić information content (AvgIpc) is 2.57. The van der Waals surface area contributed by atoms with E-state index in [1.807, 2.05) is 45.0 Å². The molecule has 1 rings (SSSR count). The van der Waals surface area contributed by atoms with Gasteiger partial charge in [-0.2, -0.15) is 0 Å². The predicted molar refractivity (Wildman–Crippen MR) is 93.0 cm³/mol. The Morgan fingerprint density at radius 3 is 2.65 bits per heavy atom. The number of hydrogen-bond acceptors (Lipinski definition) is 4. The Kier molecular flexibility index (Phi) is 7.85. The molecule has 23 heavy (non-hydrogen) atoms. The summed E-state index contributed by atoms with van der Waals surface area (Å²) in [5.41, 5.74) is 0.471. The number of ether oxygens (including phenoxy) is 2. The van der Waals surface area contributed by atoms with Gasteiger partial charge in [-0.3, -0.25) is 4.99 Å². The van der Waals surface area contributed by atoms with Crippen molar-refractivity contribution in [3.8, 4) is 5.75 Å². The number of hydrogen-bond donors (Lipinski definition) is 3. The van der Waals surface area contributed by atoms with Gasteiger partial charge in [0.2, 0.25) is 0 Å². The Morgan fingerprint density at radius 1 is 1.30 bits per heavy atom. The molecule has 1 aromatic rings. The number of aliphatic hydroxyl groups excluding tert-OH is 1. The summed E-state index contributed by atoms with van der Waals surface area (Å²) in [7, 11) is 3.28. The van der Waals surface area contributed by atoms with E-state index >= 15 is 0 Å². The van der Waals surface area contributed by atoms with Crippen LogP contribution in [0.1, 0.15) is 32.4 Å². The van der Waals surface area contributed by atoms with E-state index in [0.717, 1.165) is 17.9 Å². The first-order valence-electron chi connectivity index (χ1n) is 7.81. The van der Waals surface area contributed by atoms with Crippen molar-refractivity contribution >= 4 is 5.96 Å². The Morgan fingerprint density at radius 2 is 2.04 bits per heavy atom. The second kappa shape index (κ2) is 9.37. The van der Waals surface area contributed by atoms with E-state index in [9.17, 15) is 5.11 Å². The lowest BCUT2D eigenvalue weighted by atomic mass is 10.1. The third-order valence-corrected chi connectivity index (χ3v) is 3.46. The molecule has 0 radical (unpaired) electrons. The van der Waals surface area contributed by atoms with Crippen LogP contribution in [0.25, 0.3) is 0 Å². The summed E-state index contributed by atoms with van der Waals surface area (Å²) in [5, 5.41) is 16.6. The Balaban J connectivity index is 2.64. The molecule has 1 aromatic carbocycles. The van der Waals surface area contributed by atoms with Crippen LogP contribution in [-0.2, 0) is 4.74 Å². The molecule has 0 saturated carbocycles. The van der Waals surface area contributed by atoms with E-state index in [0.29, 0.717) is 19.0 Å². The molecule has 130 valence electrons. The molecular weight excluding hydrogens is 294 g/mol. The van der Waals surface area contributed by atoms with Crippen LogP contribution in [0.4, 0.5) is 0 Å². The fourth-order valence-corrected chi connectivity index (χ4v) is 1.84. The molecule has 3 N–H and O–H groups in total. The van der Waals surface area contributed by atoms with Crippen molar-refractivity contribution in [1.29, 1.82) is 0 Å². The van der Waals surface area contributed by atoms with E-state index in [1.165, 1.54) is 0 Å². The molecular formula is C17H29N3O3. The number of methoxy groups -OCH3 is 2. The lowest BCUT2D eigenvalue weighted by Gasteiger charge is -2.22. The minimum Gasteiger partial charge on any atom is -0.497 e. The van der Waals surface area contributed by atoms with Crippen LogP contribution in [0.3, 0.4) is 0 Å². The molecule has 0 saturated heterocycles. The third-order valence-electron chi connectivity index (χ3n) is 3.46. The maximum absolute atomic E-state index is 10.3. The van der Waals surface area contributed by atoms with Gasteiger partial charge in [-0.25, -0.2) is 0 Å². The van der Waals surface area contributed by atoms with Gasteiger partial charge in [0, 0.05) is 20.2 Å². The van der Waals surface area contributed by atoms with Gasteiger partial charge in [0.15, 0.2) is 5.96 Å². The first kappa shape index (κ1) is 19.3. The first-order valence-corrected chi connectivity index (χ1v) is 7.81. The highest BCUT2D eigenvalue weighted by Crippen LogP contribution is 2.18. The van der Waals surface area contributed by atoms with Gasteiger partial charge in [0.25, 0.3) is 0 Å². The van der Waals surface area contributed by atoms with Crippen molar-refractivity contribution in [3.05, 3.63) is 29.8 Å². The second-order valence-electron chi connectivity index (χ2n) is 5.83. The number of nitrogens with zero attached hydrogens (tertiary/aromatic N) is 1. The molecule has 0 fully saturated rings. The van der Waals surface area contributed by atoms with Crippen LogP contribution in [-0.4, -0.2) is 50.5 Å². The lowest BCUT2D eigenvalue weighted by Crippen LogP contribution is -2.40. The zero-order chi connectivity index (χ0) is 17.3. The summed E-state index contributed by atoms with van der Waals surface area (Å²) >= 11 is 0. The molecule has 0 aliphatic rings. The van der Waals surface area contributed by atoms with Crippen LogP contribution in [0.2, 0.25) is 0 Å². The van der Waals surface area contributed by atoms with Gasteiger partial charge in [0.1, 0.15) is 5.75 Å². The van der Waals surface area contributed by atoms with Crippen LogP contribution >= 0.6 is 0 Å². The SMILES string of the molecule is CCNC(=NCC(C)(C)OC)NCC(O)c1cccc(OC)c1. The molecule has 1 unspecified atom stereocenters. The highest BCUT2D eigenvalue weighted by Gasteiger charge is 2.16. The molecule has 0 spiro atoms. The number of nitrogens with one attached hydrogen (secondary N) is 2. The zero-order valence-electron chi connectivity index (χ0n) is 14.7. The third kappa shape index (κ3) is 6.88. The number of benzene rings is 1. The van der Waals surface area contributed by atoms with Gasteiger partial charge in [-0.05, 0) is 38.5 Å². The maximum atomic E-state index is 10.3. The standard InChI is InChI=1S/C17H29N3O3/c1-6-18-16(20-12-17(2,3)23-5)19-11-15(21)13-8-7-9-14(10-13)22-4/h7-10,15,21H,6,11-12H2,1-5H3,(H2,18,19,20). The summed E-state index contributed by atoms with van der Waals surface area (Å²) < 4.78 is 10.5. The maximum Gasteiger partial charge on any atom is 0.191 e. The van der Waals surface area contributed by atoms with E-state index < -0.39 is 6.10 Å². The summed E-state index contributed by atoms with van der Waals surface area (Å²) in [6, 6.07) is 7.40. The van der Waals surface area contributed by atoms with Gasteiger partial charge >= 0.3 is 0 Å². The highest BCUT2D eigenvalue weighted by molar-refractivity contribution is 5.79. The summed E-state index contributed by atoms with van der Waals surface area (Å²) in [5.74, 6) is 1.38. The molecule has 0 aliphatic heterocycles. The number of aliphatic hydroxyl groups is 1. The van der Waals surface area contributed by atoms with Crippen LogP contribution in [0.5, 0.6) is 5.75 Å². The molecule has 6 heteroatoms. The number of aliphatic imine (C=N–C) groups is 1. The molecule has 0 aromatic heterocycles. The zero-order valence-corrected chi connectivity index (χ0v) is 14.7. The topological polar surface area (TPSA) is 75.1 Å². The van der Waals surface area contributed by atoms with Crippen molar-refractivity contribution in [2.24, 2.45) is 4.99 Å². The smallest absolute Gasteiger partial charge is 0.191 e. The molecule has 0 aliphatic carbocycles. The fourth-order valence-electron chi connectivity index (χ4n) is 1.84. The van der Waals surface area contributed by atoms with Crippen molar-refractivity contribution in [2.45, 2.75) is 32.5 Å². The second-order valence-corrected chi connectivity index (χ2v) is 5.83. The Bertz CT molecular complexity index is 504. The van der Waals surface area contributed by atoms with E-state index in [1.54, 1.807) is 14.2 Å². The summed E-state index contributed by atoms with van der Waals surface area (Å²) in [4.78, 5) is 4.49. The lowest BCUT2D eigenvalue weighted by molar-refractivity contribution is 0.0310. The minimum atomic E-state index is -0.649. The minimum absolute atomic E-state index is 0.326. The van der Waals surface area contributed by atoms with E-state index in [-0.39, 0.29) is 5.60 Å². The average molecular weight is 323 g/mol. The Labute approximate surface area is 138 Å². The molecule has 0 amide bonds.